The predicted molar refractivity (Wildman–Crippen MR) is 156 cm³/mol. The Labute approximate surface area is 235 Å². The molecule has 0 radical (unpaired) electrons. The Hall–Kier alpha value is -4.84. The summed E-state index contributed by atoms with van der Waals surface area (Å²) in [6.45, 7) is 4.63. The second kappa shape index (κ2) is 12.6. The van der Waals surface area contributed by atoms with Crippen LogP contribution in [0.1, 0.15) is 0 Å². The van der Waals surface area contributed by atoms with Crippen LogP contribution >= 0.6 is 0 Å². The van der Waals surface area contributed by atoms with E-state index in [4.69, 9.17) is 0 Å². The Morgan fingerprint density at radius 2 is 1.90 bits per heavy atom. The van der Waals surface area contributed by atoms with Gasteiger partial charge in [0.25, 0.3) is 0 Å². The molecule has 2 aromatic carbocycles. The van der Waals surface area contributed by atoms with Crippen LogP contribution in [0, 0.1) is 0 Å². The second-order valence-corrected chi connectivity index (χ2v) is 9.36. The molecule has 4 aromatic rings. The summed E-state index contributed by atoms with van der Waals surface area (Å²) in [5.74, 6) is -0.956. The number of alkyl halides is 3. The Balaban J connectivity index is 1.76. The van der Waals surface area contributed by atoms with Gasteiger partial charge in [0.15, 0.2) is 5.75 Å². The van der Waals surface area contributed by atoms with Gasteiger partial charge in [0.05, 0.1) is 22.8 Å². The van der Waals surface area contributed by atoms with E-state index in [9.17, 15) is 18.0 Å². The highest BCUT2D eigenvalue weighted by molar-refractivity contribution is 6.02. The van der Waals surface area contributed by atoms with Gasteiger partial charge in [0.1, 0.15) is 0 Å². The molecular formula is C29H30F3N7O2. The van der Waals surface area contributed by atoms with Crippen LogP contribution < -0.4 is 20.3 Å². The first-order valence-electron chi connectivity index (χ1n) is 12.6. The number of ether oxygens (including phenoxy) is 1. The van der Waals surface area contributed by atoms with E-state index in [2.05, 4.69) is 36.9 Å². The minimum atomic E-state index is -4.97. The van der Waals surface area contributed by atoms with Gasteiger partial charge in [-0.15, -0.1) is 13.2 Å². The van der Waals surface area contributed by atoms with E-state index < -0.39 is 18.0 Å². The number of allylic oxidation sites excluding steroid dienone is 2. The molecule has 0 saturated heterocycles. The van der Waals surface area contributed by atoms with Gasteiger partial charge in [-0.1, -0.05) is 36.9 Å². The molecule has 3 N–H and O–H groups in total. The number of anilines is 4. The maximum absolute atomic E-state index is 13.5. The number of carbonyl (C=O) groups is 1. The summed E-state index contributed by atoms with van der Waals surface area (Å²) in [4.78, 5) is 28.1. The van der Waals surface area contributed by atoms with Crippen molar-refractivity contribution >= 4 is 39.8 Å². The van der Waals surface area contributed by atoms with E-state index in [1.807, 2.05) is 43.3 Å². The lowest BCUT2D eigenvalue weighted by molar-refractivity contribution is -0.274. The van der Waals surface area contributed by atoms with Crippen LogP contribution in [0.15, 0.2) is 79.7 Å². The van der Waals surface area contributed by atoms with Gasteiger partial charge < -0.3 is 30.2 Å². The first-order valence-corrected chi connectivity index (χ1v) is 12.6. The SMILES string of the molecule is C=C/C=C/C(=O)Nc1cc(Nc2nccc(-c3c[nH]c4ccccc34)n2)c(OC(F)(F)F)cc1N(C)CCN(C)C. The van der Waals surface area contributed by atoms with Gasteiger partial charge in [0, 0.05) is 61.1 Å². The lowest BCUT2D eigenvalue weighted by atomic mass is 10.1. The average molecular weight is 566 g/mol. The average Bonchev–Trinajstić information content (AvgIpc) is 3.35. The molecule has 0 fully saturated rings. The molecule has 214 valence electrons. The summed E-state index contributed by atoms with van der Waals surface area (Å²) < 4.78 is 44.9. The highest BCUT2D eigenvalue weighted by Crippen LogP contribution is 2.40. The quantitative estimate of drug-likeness (QED) is 0.153. The molecule has 9 nitrogen and oxygen atoms in total. The first kappa shape index (κ1) is 29.2. The molecule has 41 heavy (non-hydrogen) atoms. The summed E-state index contributed by atoms with van der Waals surface area (Å²) in [7, 11) is 5.48. The van der Waals surface area contributed by atoms with E-state index >= 15 is 0 Å². The lowest BCUT2D eigenvalue weighted by Crippen LogP contribution is -2.29. The van der Waals surface area contributed by atoms with Crippen molar-refractivity contribution in [3.8, 4) is 17.0 Å². The number of hydrogen-bond acceptors (Lipinski definition) is 7. The largest absolute Gasteiger partial charge is 0.573 e. The molecule has 12 heteroatoms. The molecular weight excluding hydrogens is 535 g/mol. The molecule has 0 unspecified atom stereocenters. The number of H-pyrrole nitrogens is 1. The Kier molecular flexibility index (Phi) is 8.93. The molecule has 2 aromatic heterocycles. The third-order valence-electron chi connectivity index (χ3n) is 6.03. The molecule has 2 heterocycles. The smallest absolute Gasteiger partial charge is 0.403 e. The minimum absolute atomic E-state index is 0.0392. The highest BCUT2D eigenvalue weighted by Gasteiger charge is 2.33. The number of nitrogens with zero attached hydrogens (tertiary/aromatic N) is 4. The van der Waals surface area contributed by atoms with E-state index in [1.54, 1.807) is 24.2 Å². The van der Waals surface area contributed by atoms with Crippen LogP contribution in [-0.4, -0.2) is 66.4 Å². The minimum Gasteiger partial charge on any atom is -0.403 e. The number of aromatic amines is 1. The number of hydrogen-bond donors (Lipinski definition) is 3. The van der Waals surface area contributed by atoms with Crippen LogP contribution in [0.4, 0.5) is 36.2 Å². The Morgan fingerprint density at radius 1 is 1.12 bits per heavy atom. The fourth-order valence-electron chi connectivity index (χ4n) is 4.06. The number of para-hydroxylation sites is 1. The molecule has 0 bridgehead atoms. The number of nitrogens with one attached hydrogen (secondary N) is 3. The zero-order chi connectivity index (χ0) is 29.6. The van der Waals surface area contributed by atoms with Gasteiger partial charge in [-0.25, -0.2) is 9.97 Å². The van der Waals surface area contributed by atoms with Crippen LogP contribution in [0.25, 0.3) is 22.2 Å². The third kappa shape index (κ3) is 7.63. The van der Waals surface area contributed by atoms with Gasteiger partial charge in [-0.05, 0) is 32.3 Å². The van der Waals surface area contributed by atoms with Crippen LogP contribution in [-0.2, 0) is 4.79 Å². The second-order valence-electron chi connectivity index (χ2n) is 9.36. The zero-order valence-corrected chi connectivity index (χ0v) is 22.8. The van der Waals surface area contributed by atoms with Crippen molar-refractivity contribution < 1.29 is 22.7 Å². The standard InChI is InChI=1S/C29H30F3N7O2/c1-5-6-11-27(40)35-23-16-24(26(41-29(30,31)32)17-25(23)39(4)15-14-38(2)3)37-28-33-13-12-22(36-28)20-18-34-21-10-8-7-9-19(20)21/h5-13,16-18,34H,1,14-15H2,2-4H3,(H,35,40)(H,33,36,37)/b11-6+. The summed E-state index contributed by atoms with van der Waals surface area (Å²) in [5, 5.41) is 6.51. The molecule has 0 spiro atoms. The number of amides is 1. The molecule has 0 aliphatic heterocycles. The van der Waals surface area contributed by atoms with E-state index in [0.717, 1.165) is 16.5 Å². The lowest BCUT2D eigenvalue weighted by Gasteiger charge is -2.26. The number of halogens is 3. The number of benzene rings is 2. The van der Waals surface area contributed by atoms with Crippen LogP contribution in [0.2, 0.25) is 0 Å². The predicted octanol–water partition coefficient (Wildman–Crippen LogP) is 5.95. The van der Waals surface area contributed by atoms with Gasteiger partial charge in [0.2, 0.25) is 11.9 Å². The first-order chi connectivity index (χ1) is 19.5. The maximum atomic E-state index is 13.5. The van der Waals surface area contributed by atoms with Crippen molar-refractivity contribution in [2.75, 3.05) is 49.8 Å². The molecule has 0 aliphatic rings. The summed E-state index contributed by atoms with van der Waals surface area (Å²) >= 11 is 0. The summed E-state index contributed by atoms with van der Waals surface area (Å²) in [6, 6.07) is 12.0. The van der Waals surface area contributed by atoms with Gasteiger partial charge in [-0.3, -0.25) is 4.79 Å². The molecule has 1 amide bonds. The van der Waals surface area contributed by atoms with Gasteiger partial charge in [-0.2, -0.15) is 0 Å². The Morgan fingerprint density at radius 3 is 2.63 bits per heavy atom. The van der Waals surface area contributed by atoms with Crippen molar-refractivity contribution in [3.05, 3.63) is 79.7 Å². The monoisotopic (exact) mass is 565 g/mol. The maximum Gasteiger partial charge on any atom is 0.573 e. The topological polar surface area (TPSA) is 98.4 Å². The normalized spacial score (nSPS) is 11.7. The van der Waals surface area contributed by atoms with Crippen molar-refractivity contribution in [1.82, 2.24) is 19.9 Å². The number of carbonyl (C=O) groups excluding carboxylic acids is 1. The van der Waals surface area contributed by atoms with Crippen molar-refractivity contribution in [1.29, 1.82) is 0 Å². The van der Waals surface area contributed by atoms with Gasteiger partial charge >= 0.3 is 6.36 Å². The highest BCUT2D eigenvalue weighted by atomic mass is 19.4. The fourth-order valence-corrected chi connectivity index (χ4v) is 4.06. The van der Waals surface area contributed by atoms with E-state index in [-0.39, 0.29) is 17.3 Å². The zero-order valence-electron chi connectivity index (χ0n) is 22.8. The van der Waals surface area contributed by atoms with E-state index in [1.165, 1.54) is 36.6 Å². The molecule has 0 atom stereocenters. The number of fused-ring (bicyclic) bond motifs is 1. The molecule has 0 saturated carbocycles. The molecule has 4 rings (SSSR count). The van der Waals surface area contributed by atoms with Crippen LogP contribution in [0.3, 0.4) is 0 Å². The summed E-state index contributed by atoms with van der Waals surface area (Å²) in [5.41, 5.74) is 2.77. The molecule has 0 aliphatic carbocycles. The number of aromatic nitrogens is 3. The van der Waals surface area contributed by atoms with Crippen LogP contribution in [0.5, 0.6) is 5.75 Å². The Bertz CT molecular complexity index is 1560. The van der Waals surface area contributed by atoms with E-state index in [0.29, 0.717) is 24.5 Å². The number of likely N-dealkylation sites (N-methyl/N-ethyl adjacent to an activating group) is 2. The number of rotatable bonds is 11. The third-order valence-corrected chi connectivity index (χ3v) is 6.03. The van der Waals surface area contributed by atoms with Crippen molar-refractivity contribution in [3.63, 3.8) is 0 Å². The van der Waals surface area contributed by atoms with Crippen molar-refractivity contribution in [2.45, 2.75) is 6.36 Å². The van der Waals surface area contributed by atoms with Crippen molar-refractivity contribution in [2.24, 2.45) is 0 Å². The summed E-state index contributed by atoms with van der Waals surface area (Å²) in [6.07, 6.45) is 2.49. The fraction of sp³-hybridized carbons (Fsp3) is 0.207.